The predicted octanol–water partition coefficient (Wildman–Crippen LogP) is 3.21. The number of alkyl carbamates (subject to hydrolysis) is 1. The van der Waals surface area contributed by atoms with Crippen molar-refractivity contribution in [3.05, 3.63) is 35.9 Å². The number of hydrogen-bond donors (Lipinski definition) is 1. The molecule has 0 bridgehead atoms. The highest BCUT2D eigenvalue weighted by atomic mass is 16.6. The van der Waals surface area contributed by atoms with Crippen LogP contribution >= 0.6 is 0 Å². The van der Waals surface area contributed by atoms with Gasteiger partial charge in [-0.25, -0.2) is 4.79 Å². The number of nitrogens with one attached hydrogen (secondary N) is 1. The maximum atomic E-state index is 12.4. The van der Waals surface area contributed by atoms with Crippen LogP contribution in [0.1, 0.15) is 47.1 Å². The maximum absolute atomic E-state index is 12.4. The van der Waals surface area contributed by atoms with Crippen LogP contribution in [0.25, 0.3) is 0 Å². The molecule has 0 aromatic heterocycles. The highest BCUT2D eigenvalue weighted by Crippen LogP contribution is 2.16. The molecule has 0 unspecified atom stereocenters. The normalized spacial score (nSPS) is 11.7. The molecule has 0 saturated carbocycles. The zero-order valence-electron chi connectivity index (χ0n) is 16.8. The van der Waals surface area contributed by atoms with Gasteiger partial charge in [-0.3, -0.25) is 9.59 Å². The molecule has 0 heterocycles. The summed E-state index contributed by atoms with van der Waals surface area (Å²) in [6, 6.07) is 9.15. The van der Waals surface area contributed by atoms with Gasteiger partial charge in [0.2, 0.25) is 0 Å². The minimum Gasteiger partial charge on any atom is -0.459 e. The van der Waals surface area contributed by atoms with Crippen LogP contribution in [0, 0.1) is 5.92 Å². The van der Waals surface area contributed by atoms with Gasteiger partial charge in [-0.1, -0.05) is 30.3 Å². The Morgan fingerprint density at radius 2 is 1.37 bits per heavy atom. The van der Waals surface area contributed by atoms with Gasteiger partial charge in [0.15, 0.2) is 5.92 Å². The second kappa shape index (κ2) is 9.39. The van der Waals surface area contributed by atoms with Crippen LogP contribution in [-0.4, -0.2) is 35.8 Å². The third kappa shape index (κ3) is 9.63. The van der Waals surface area contributed by atoms with Crippen molar-refractivity contribution >= 4 is 18.0 Å². The van der Waals surface area contributed by atoms with Gasteiger partial charge in [0, 0.05) is 6.54 Å². The fraction of sp³-hybridized carbons (Fsp3) is 0.550. The van der Waals surface area contributed by atoms with E-state index in [0.29, 0.717) is 0 Å². The minimum atomic E-state index is -1.28. The summed E-state index contributed by atoms with van der Waals surface area (Å²) < 4.78 is 15.6. The summed E-state index contributed by atoms with van der Waals surface area (Å²) in [4.78, 5) is 36.6. The van der Waals surface area contributed by atoms with E-state index in [2.05, 4.69) is 5.32 Å². The first-order chi connectivity index (χ1) is 12.4. The van der Waals surface area contributed by atoms with Crippen LogP contribution in [0.15, 0.2) is 30.3 Å². The molecular weight excluding hydrogens is 350 g/mol. The van der Waals surface area contributed by atoms with Crippen LogP contribution in [0.3, 0.4) is 0 Å². The predicted molar refractivity (Wildman–Crippen MR) is 99.8 cm³/mol. The molecule has 7 heteroatoms. The van der Waals surface area contributed by atoms with Gasteiger partial charge in [0.05, 0.1) is 0 Å². The molecule has 0 aliphatic heterocycles. The molecule has 1 aromatic rings. The Morgan fingerprint density at radius 1 is 0.889 bits per heavy atom. The minimum absolute atomic E-state index is 0.0796. The first-order valence-electron chi connectivity index (χ1n) is 8.78. The van der Waals surface area contributed by atoms with Crippen molar-refractivity contribution in [1.82, 2.24) is 5.32 Å². The molecule has 1 amide bonds. The van der Waals surface area contributed by atoms with E-state index < -0.39 is 35.2 Å². The lowest BCUT2D eigenvalue weighted by Gasteiger charge is -2.26. The number of benzene rings is 1. The lowest BCUT2D eigenvalue weighted by molar-refractivity contribution is -0.174. The molecule has 0 radical (unpaired) electrons. The zero-order valence-corrected chi connectivity index (χ0v) is 16.8. The smallest absolute Gasteiger partial charge is 0.407 e. The maximum Gasteiger partial charge on any atom is 0.407 e. The van der Waals surface area contributed by atoms with E-state index in [-0.39, 0.29) is 13.2 Å². The molecule has 0 spiro atoms. The van der Waals surface area contributed by atoms with Crippen LogP contribution in [-0.2, 0) is 30.4 Å². The Bertz CT molecular complexity index is 615. The standard InChI is InChI=1S/C20H29NO6/c1-19(2,3)26-16(22)15(17(23)27-20(4,5)6)12-21-18(24)25-13-14-10-8-7-9-11-14/h7-11,15H,12-13H2,1-6H3,(H,21,24). The summed E-state index contributed by atoms with van der Waals surface area (Å²) in [5, 5.41) is 2.42. The number of rotatable bonds is 6. The summed E-state index contributed by atoms with van der Waals surface area (Å²) in [5.74, 6) is -2.81. The quantitative estimate of drug-likeness (QED) is 0.464. The number of carbonyl (C=O) groups excluding carboxylic acids is 3. The van der Waals surface area contributed by atoms with E-state index in [9.17, 15) is 14.4 Å². The average molecular weight is 379 g/mol. The fourth-order valence-electron chi connectivity index (χ4n) is 1.97. The number of hydrogen-bond acceptors (Lipinski definition) is 6. The van der Waals surface area contributed by atoms with E-state index in [4.69, 9.17) is 14.2 Å². The molecule has 1 N–H and O–H groups in total. The number of carbonyl (C=O) groups is 3. The largest absolute Gasteiger partial charge is 0.459 e. The van der Waals surface area contributed by atoms with Crippen molar-refractivity contribution in [2.24, 2.45) is 5.92 Å². The van der Waals surface area contributed by atoms with Crippen LogP contribution < -0.4 is 5.32 Å². The lowest BCUT2D eigenvalue weighted by Crippen LogP contribution is -2.43. The highest BCUT2D eigenvalue weighted by molar-refractivity contribution is 5.95. The van der Waals surface area contributed by atoms with E-state index in [1.807, 2.05) is 30.3 Å². The first kappa shape index (κ1) is 22.5. The van der Waals surface area contributed by atoms with Crippen molar-refractivity contribution < 1.29 is 28.6 Å². The van der Waals surface area contributed by atoms with Gasteiger partial charge in [-0.05, 0) is 47.1 Å². The van der Waals surface area contributed by atoms with Crippen molar-refractivity contribution in [2.45, 2.75) is 59.4 Å². The van der Waals surface area contributed by atoms with Crippen molar-refractivity contribution in [1.29, 1.82) is 0 Å². The van der Waals surface area contributed by atoms with Gasteiger partial charge in [-0.2, -0.15) is 0 Å². The van der Waals surface area contributed by atoms with E-state index in [1.54, 1.807) is 41.5 Å². The third-order valence-electron chi connectivity index (χ3n) is 3.05. The van der Waals surface area contributed by atoms with Gasteiger partial charge < -0.3 is 19.5 Å². The molecular formula is C20H29NO6. The summed E-state index contributed by atoms with van der Waals surface area (Å²) in [7, 11) is 0. The van der Waals surface area contributed by atoms with Gasteiger partial charge in [0.25, 0.3) is 0 Å². The van der Waals surface area contributed by atoms with Crippen LogP contribution in [0.5, 0.6) is 0 Å². The number of ether oxygens (including phenoxy) is 3. The van der Waals surface area contributed by atoms with Crippen molar-refractivity contribution in [3.63, 3.8) is 0 Å². The molecule has 0 aliphatic rings. The fourth-order valence-corrected chi connectivity index (χ4v) is 1.97. The Morgan fingerprint density at radius 3 is 1.81 bits per heavy atom. The van der Waals surface area contributed by atoms with Crippen molar-refractivity contribution in [2.75, 3.05) is 6.54 Å². The monoisotopic (exact) mass is 379 g/mol. The molecule has 27 heavy (non-hydrogen) atoms. The van der Waals surface area contributed by atoms with Gasteiger partial charge in [0.1, 0.15) is 17.8 Å². The highest BCUT2D eigenvalue weighted by Gasteiger charge is 2.35. The van der Waals surface area contributed by atoms with Gasteiger partial charge in [-0.15, -0.1) is 0 Å². The summed E-state index contributed by atoms with van der Waals surface area (Å²) in [5.41, 5.74) is -0.723. The van der Waals surface area contributed by atoms with Gasteiger partial charge >= 0.3 is 18.0 Å². The summed E-state index contributed by atoms with van der Waals surface area (Å²) in [6.45, 7) is 9.96. The Labute approximate surface area is 160 Å². The number of esters is 2. The molecule has 0 aliphatic carbocycles. The molecule has 1 rings (SSSR count). The molecule has 0 fully saturated rings. The number of amides is 1. The third-order valence-corrected chi connectivity index (χ3v) is 3.05. The van der Waals surface area contributed by atoms with Crippen LogP contribution in [0.4, 0.5) is 4.79 Å². The summed E-state index contributed by atoms with van der Waals surface area (Å²) >= 11 is 0. The second-order valence-corrected chi connectivity index (χ2v) is 8.06. The van der Waals surface area contributed by atoms with E-state index in [0.717, 1.165) is 5.56 Å². The zero-order chi connectivity index (χ0) is 20.7. The molecule has 1 aromatic carbocycles. The Balaban J connectivity index is 2.68. The topological polar surface area (TPSA) is 90.9 Å². The SMILES string of the molecule is CC(C)(C)OC(=O)C(CNC(=O)OCc1ccccc1)C(=O)OC(C)(C)C. The first-order valence-corrected chi connectivity index (χ1v) is 8.78. The average Bonchev–Trinajstić information content (AvgIpc) is 2.50. The molecule has 150 valence electrons. The van der Waals surface area contributed by atoms with E-state index >= 15 is 0 Å². The molecule has 0 atom stereocenters. The van der Waals surface area contributed by atoms with Crippen molar-refractivity contribution in [3.8, 4) is 0 Å². The summed E-state index contributed by atoms with van der Waals surface area (Å²) in [6.07, 6.45) is -0.740. The van der Waals surface area contributed by atoms with Crippen LogP contribution in [0.2, 0.25) is 0 Å². The molecule has 7 nitrogen and oxygen atoms in total. The van der Waals surface area contributed by atoms with E-state index in [1.165, 1.54) is 0 Å². The lowest BCUT2D eigenvalue weighted by atomic mass is 10.1. The molecule has 0 saturated heterocycles. The Kier molecular flexibility index (Phi) is 7.82. The second-order valence-electron chi connectivity index (χ2n) is 8.06. The Hall–Kier alpha value is -2.57.